The van der Waals surface area contributed by atoms with Crippen molar-refractivity contribution >= 4 is 21.6 Å². The smallest absolute Gasteiger partial charge is 0.416 e. The molecule has 0 saturated heterocycles. The van der Waals surface area contributed by atoms with Gasteiger partial charge in [0.15, 0.2) is 10.7 Å². The summed E-state index contributed by atoms with van der Waals surface area (Å²) in [6.07, 6.45) is -2.84. The Labute approximate surface area is 291 Å². The minimum atomic E-state index is -4.41. The number of sulfonamides is 1. The lowest BCUT2D eigenvalue weighted by Gasteiger charge is -2.36. The number of aromatic nitrogens is 1. The first-order valence-electron chi connectivity index (χ1n) is 16.6. The first-order valence-corrected chi connectivity index (χ1v) is 18.1. The zero-order valence-electron chi connectivity index (χ0n) is 29.3. The topological polar surface area (TPSA) is 134 Å². The van der Waals surface area contributed by atoms with Gasteiger partial charge in [-0.1, -0.05) is 24.2 Å². The molecular formula is C35H47F3N4O7S. The second-order valence-corrected chi connectivity index (χ2v) is 14.8. The van der Waals surface area contributed by atoms with Crippen LogP contribution in [0.2, 0.25) is 0 Å². The summed E-state index contributed by atoms with van der Waals surface area (Å²) >= 11 is 0. The van der Waals surface area contributed by atoms with Crippen molar-refractivity contribution in [3.05, 3.63) is 70.6 Å². The number of nitrogens with one attached hydrogen (secondary N) is 1. The predicted molar refractivity (Wildman–Crippen MR) is 181 cm³/mol. The summed E-state index contributed by atoms with van der Waals surface area (Å²) in [5, 5.41) is 14.0. The van der Waals surface area contributed by atoms with E-state index in [1.807, 2.05) is 25.8 Å². The van der Waals surface area contributed by atoms with Crippen LogP contribution in [0, 0.1) is 19.8 Å². The Hall–Kier alpha value is -3.66. The van der Waals surface area contributed by atoms with E-state index in [0.717, 1.165) is 25.0 Å². The molecule has 50 heavy (non-hydrogen) atoms. The summed E-state index contributed by atoms with van der Waals surface area (Å²) in [4.78, 5) is 17.8. The third-order valence-corrected chi connectivity index (χ3v) is 10.4. The maximum absolute atomic E-state index is 14.4. The summed E-state index contributed by atoms with van der Waals surface area (Å²) in [5.41, 5.74) is 0.453. The molecular weight excluding hydrogens is 677 g/mol. The van der Waals surface area contributed by atoms with Gasteiger partial charge in [0, 0.05) is 37.8 Å². The molecule has 11 nitrogen and oxygen atoms in total. The number of halogens is 3. The SMILES string of the molecule is Cc1noc(C)c1S(=O)(=O)Nc1ccc2c(c1)C(=O)N([C@@H](C)CO)C[C@@H](C)[C@@H](CN(C)Cc1ccc(C(F)(F)F)cc1)OCCCC[C@H](C)O2. The molecule has 4 rings (SSSR count). The van der Waals surface area contributed by atoms with E-state index in [-0.39, 0.29) is 64.6 Å². The number of alkyl halides is 3. The number of likely N-dealkylation sites (N-methyl/N-ethyl adjacent to an activating group) is 1. The van der Waals surface area contributed by atoms with Gasteiger partial charge in [-0.25, -0.2) is 8.42 Å². The quantitative estimate of drug-likeness (QED) is 0.271. The van der Waals surface area contributed by atoms with E-state index in [9.17, 15) is 31.5 Å². The number of nitrogens with zero attached hydrogens (tertiary/aromatic N) is 3. The molecule has 1 aromatic heterocycles. The Morgan fingerprint density at radius 2 is 1.82 bits per heavy atom. The van der Waals surface area contributed by atoms with E-state index < -0.39 is 33.7 Å². The largest absolute Gasteiger partial charge is 0.490 e. The second kappa shape index (κ2) is 16.6. The van der Waals surface area contributed by atoms with Crippen LogP contribution in [0.15, 0.2) is 51.9 Å². The van der Waals surface area contributed by atoms with E-state index in [0.29, 0.717) is 31.7 Å². The Morgan fingerprint density at radius 3 is 2.44 bits per heavy atom. The molecule has 15 heteroatoms. The Bertz CT molecular complexity index is 1680. The van der Waals surface area contributed by atoms with E-state index in [2.05, 4.69) is 9.88 Å². The van der Waals surface area contributed by atoms with Crippen molar-refractivity contribution in [1.29, 1.82) is 0 Å². The number of anilines is 1. The van der Waals surface area contributed by atoms with Gasteiger partial charge in [-0.3, -0.25) is 14.4 Å². The molecule has 1 amide bonds. The third-order valence-electron chi connectivity index (χ3n) is 8.77. The average molecular weight is 725 g/mol. The lowest BCUT2D eigenvalue weighted by molar-refractivity contribution is -0.137. The van der Waals surface area contributed by atoms with Crippen LogP contribution in [-0.4, -0.2) is 86.0 Å². The molecule has 0 fully saturated rings. The van der Waals surface area contributed by atoms with Crippen molar-refractivity contribution in [1.82, 2.24) is 15.0 Å². The van der Waals surface area contributed by atoms with Gasteiger partial charge in [0.05, 0.1) is 36.0 Å². The normalized spacial score (nSPS) is 20.6. The number of carbonyl (C=O) groups is 1. The summed E-state index contributed by atoms with van der Waals surface area (Å²) < 4.78 is 86.0. The number of amides is 1. The highest BCUT2D eigenvalue weighted by Gasteiger charge is 2.32. The molecule has 2 aromatic carbocycles. The highest BCUT2D eigenvalue weighted by Crippen LogP contribution is 2.31. The van der Waals surface area contributed by atoms with E-state index in [1.54, 1.807) is 13.0 Å². The highest BCUT2D eigenvalue weighted by molar-refractivity contribution is 7.92. The maximum atomic E-state index is 14.4. The van der Waals surface area contributed by atoms with Crippen LogP contribution in [0.25, 0.3) is 0 Å². The summed E-state index contributed by atoms with van der Waals surface area (Å²) in [5.74, 6) is -0.296. The monoisotopic (exact) mass is 724 g/mol. The fourth-order valence-electron chi connectivity index (χ4n) is 6.00. The van der Waals surface area contributed by atoms with Crippen LogP contribution < -0.4 is 9.46 Å². The summed E-state index contributed by atoms with van der Waals surface area (Å²) in [6.45, 7) is 9.70. The fraction of sp³-hybridized carbons (Fsp3) is 0.543. The van der Waals surface area contributed by atoms with Gasteiger partial charge in [-0.2, -0.15) is 13.2 Å². The zero-order chi connectivity index (χ0) is 36.8. The zero-order valence-corrected chi connectivity index (χ0v) is 30.1. The molecule has 276 valence electrons. The van der Waals surface area contributed by atoms with Crippen molar-refractivity contribution < 1.29 is 45.5 Å². The maximum Gasteiger partial charge on any atom is 0.416 e. The van der Waals surface area contributed by atoms with Gasteiger partial charge in [0.2, 0.25) is 0 Å². The van der Waals surface area contributed by atoms with Crippen molar-refractivity contribution in [2.24, 2.45) is 5.92 Å². The molecule has 1 aliphatic heterocycles. The standard InChI is InChI=1S/C35H47F3N4O7S/c1-22-18-42(23(2)21-43)34(44)30-17-29(40-50(45,46)33-25(4)39-49-26(33)5)14-15-31(30)48-24(3)9-7-8-16-47-32(22)20-41(6)19-27-10-12-28(13-11-27)35(36,37)38/h10-15,17,22-24,32,40,43H,7-9,16,18-21H2,1-6H3/t22-,23+,24+,32-/m1/s1. The van der Waals surface area contributed by atoms with Crippen LogP contribution in [0.4, 0.5) is 18.9 Å². The third kappa shape index (κ3) is 9.98. The van der Waals surface area contributed by atoms with Crippen LogP contribution in [0.5, 0.6) is 5.75 Å². The predicted octanol–water partition coefficient (Wildman–Crippen LogP) is 6.04. The van der Waals surface area contributed by atoms with E-state index >= 15 is 0 Å². The summed E-state index contributed by atoms with van der Waals surface area (Å²) in [6, 6.07) is 8.97. The molecule has 4 atom stereocenters. The van der Waals surface area contributed by atoms with Crippen molar-refractivity contribution in [2.45, 2.75) is 89.7 Å². The van der Waals surface area contributed by atoms with Crippen LogP contribution in [0.1, 0.15) is 73.0 Å². The van der Waals surface area contributed by atoms with Crippen LogP contribution in [-0.2, 0) is 27.5 Å². The Morgan fingerprint density at radius 1 is 1.12 bits per heavy atom. The molecule has 3 aromatic rings. The van der Waals surface area contributed by atoms with Crippen molar-refractivity contribution in [3.63, 3.8) is 0 Å². The fourth-order valence-corrected chi connectivity index (χ4v) is 7.38. The van der Waals surface area contributed by atoms with Gasteiger partial charge in [-0.05, 0) is 89.9 Å². The molecule has 0 saturated carbocycles. The van der Waals surface area contributed by atoms with Crippen molar-refractivity contribution in [2.75, 3.05) is 38.1 Å². The van der Waals surface area contributed by atoms with Gasteiger partial charge < -0.3 is 24.0 Å². The number of aliphatic hydroxyl groups excluding tert-OH is 1. The van der Waals surface area contributed by atoms with Gasteiger partial charge >= 0.3 is 6.18 Å². The molecule has 2 heterocycles. The number of ether oxygens (including phenoxy) is 2. The number of hydrogen-bond donors (Lipinski definition) is 2. The second-order valence-electron chi connectivity index (χ2n) is 13.2. The van der Waals surface area contributed by atoms with Crippen LogP contribution >= 0.6 is 0 Å². The molecule has 2 N–H and O–H groups in total. The number of hydrogen-bond acceptors (Lipinski definition) is 9. The van der Waals surface area contributed by atoms with E-state index in [1.165, 1.54) is 43.0 Å². The number of aryl methyl sites for hydroxylation is 2. The molecule has 0 aliphatic carbocycles. The molecule has 0 radical (unpaired) electrons. The molecule has 1 aliphatic rings. The first kappa shape index (κ1) is 39.1. The number of carbonyl (C=O) groups excluding carboxylic acids is 1. The average Bonchev–Trinajstić information content (AvgIpc) is 3.40. The number of rotatable bonds is 9. The highest BCUT2D eigenvalue weighted by atomic mass is 32.2. The lowest BCUT2D eigenvalue weighted by Crippen LogP contribution is -2.47. The Balaban J connectivity index is 1.62. The number of aliphatic hydroxyl groups is 1. The lowest BCUT2D eigenvalue weighted by atomic mass is 10.0. The summed E-state index contributed by atoms with van der Waals surface area (Å²) in [7, 11) is -2.25. The van der Waals surface area contributed by atoms with Gasteiger partial charge in [0.25, 0.3) is 15.9 Å². The van der Waals surface area contributed by atoms with Crippen LogP contribution in [0.3, 0.4) is 0 Å². The number of benzene rings is 2. The molecule has 0 unspecified atom stereocenters. The number of fused-ring (bicyclic) bond motifs is 1. The first-order chi connectivity index (χ1) is 23.5. The van der Waals surface area contributed by atoms with Gasteiger partial charge in [0.1, 0.15) is 11.4 Å². The Kier molecular flexibility index (Phi) is 13.0. The van der Waals surface area contributed by atoms with Gasteiger partial charge in [-0.15, -0.1) is 0 Å². The van der Waals surface area contributed by atoms with E-state index in [4.69, 9.17) is 14.0 Å². The van der Waals surface area contributed by atoms with Crippen molar-refractivity contribution in [3.8, 4) is 5.75 Å². The minimum Gasteiger partial charge on any atom is -0.490 e. The molecule has 0 spiro atoms. The molecule has 0 bridgehead atoms. The minimum absolute atomic E-state index is 0.0903.